The molecule has 1 fully saturated rings. The number of nitrogens with zero attached hydrogens (tertiary/aromatic N) is 3. The van der Waals surface area contributed by atoms with Gasteiger partial charge < -0.3 is 9.88 Å². The highest BCUT2D eigenvalue weighted by Crippen LogP contribution is 2.39. The van der Waals surface area contributed by atoms with Crippen molar-refractivity contribution in [3.8, 4) is 0 Å². The van der Waals surface area contributed by atoms with E-state index in [-0.39, 0.29) is 17.3 Å². The molecule has 1 saturated carbocycles. The van der Waals surface area contributed by atoms with Crippen LogP contribution in [0.1, 0.15) is 31.5 Å². The van der Waals surface area contributed by atoms with Crippen LogP contribution in [-0.2, 0) is 11.3 Å². The summed E-state index contributed by atoms with van der Waals surface area (Å²) < 4.78 is 16.4. The number of rotatable bonds is 6. The maximum atomic E-state index is 13.7. The van der Waals surface area contributed by atoms with Gasteiger partial charge in [-0.05, 0) is 38.0 Å². The lowest BCUT2D eigenvalue weighted by Gasteiger charge is -2.08. The molecule has 1 aliphatic carbocycles. The molecule has 8 heteroatoms. The van der Waals surface area contributed by atoms with Crippen LogP contribution in [0, 0.1) is 5.82 Å². The van der Waals surface area contributed by atoms with Crippen molar-refractivity contribution in [3.63, 3.8) is 0 Å². The Balaban J connectivity index is 1.60. The monoisotopic (exact) mass is 398 g/mol. The molecule has 0 atom stereocenters. The molecule has 1 amide bonds. The van der Waals surface area contributed by atoms with Gasteiger partial charge in [-0.3, -0.25) is 4.79 Å². The molecule has 1 aromatic carbocycles. The predicted molar refractivity (Wildman–Crippen MR) is 91.1 cm³/mol. The Hall–Kier alpha value is -1.41. The van der Waals surface area contributed by atoms with Crippen LogP contribution in [-0.4, -0.2) is 26.4 Å². The number of amides is 1. The summed E-state index contributed by atoms with van der Waals surface area (Å²) >= 11 is 4.50. The van der Waals surface area contributed by atoms with Gasteiger partial charge in [0.25, 0.3) is 0 Å². The molecular formula is C15H16BrFN4OS. The zero-order chi connectivity index (χ0) is 16.4. The van der Waals surface area contributed by atoms with Crippen LogP contribution in [0.2, 0.25) is 0 Å². The van der Waals surface area contributed by atoms with Crippen molar-refractivity contribution in [1.82, 2.24) is 14.8 Å². The minimum absolute atomic E-state index is 0.165. The van der Waals surface area contributed by atoms with Crippen LogP contribution in [0.25, 0.3) is 0 Å². The average Bonchev–Trinajstić information content (AvgIpc) is 3.28. The Kier molecular flexibility index (Phi) is 5.01. The fourth-order valence-electron chi connectivity index (χ4n) is 2.25. The van der Waals surface area contributed by atoms with E-state index in [4.69, 9.17) is 0 Å². The van der Waals surface area contributed by atoms with E-state index in [1.54, 1.807) is 6.07 Å². The van der Waals surface area contributed by atoms with Crippen LogP contribution >= 0.6 is 27.7 Å². The van der Waals surface area contributed by atoms with Gasteiger partial charge in [0.05, 0.1) is 11.4 Å². The topological polar surface area (TPSA) is 59.8 Å². The van der Waals surface area contributed by atoms with Gasteiger partial charge in [-0.2, -0.15) is 0 Å². The van der Waals surface area contributed by atoms with E-state index >= 15 is 0 Å². The third-order valence-corrected chi connectivity index (χ3v) is 5.00. The highest BCUT2D eigenvalue weighted by Gasteiger charge is 2.30. The summed E-state index contributed by atoms with van der Waals surface area (Å²) in [6.45, 7) is 2.82. The first kappa shape index (κ1) is 16.4. The van der Waals surface area contributed by atoms with E-state index in [9.17, 15) is 9.18 Å². The van der Waals surface area contributed by atoms with Gasteiger partial charge in [0, 0.05) is 16.9 Å². The quantitative estimate of drug-likeness (QED) is 0.751. The second-order valence-electron chi connectivity index (χ2n) is 5.32. The molecule has 0 unspecified atom stereocenters. The predicted octanol–water partition coefficient (Wildman–Crippen LogP) is 3.81. The van der Waals surface area contributed by atoms with Gasteiger partial charge in [-0.25, -0.2) is 4.39 Å². The fourth-order valence-corrected chi connectivity index (χ4v) is 3.40. The van der Waals surface area contributed by atoms with E-state index in [1.807, 2.05) is 6.92 Å². The van der Waals surface area contributed by atoms with Gasteiger partial charge >= 0.3 is 0 Å². The number of hydrogen-bond acceptors (Lipinski definition) is 4. The molecule has 122 valence electrons. The second-order valence-corrected chi connectivity index (χ2v) is 7.18. The lowest BCUT2D eigenvalue weighted by Crippen LogP contribution is -2.15. The number of anilines is 1. The first-order valence-corrected chi connectivity index (χ1v) is 9.17. The van der Waals surface area contributed by atoms with Crippen molar-refractivity contribution in [1.29, 1.82) is 0 Å². The molecule has 23 heavy (non-hydrogen) atoms. The number of hydrogen-bond donors (Lipinski definition) is 1. The SMILES string of the molecule is CCn1c(SCC(=O)Nc2ccc(Br)cc2F)nnc1C1CC1. The standard InChI is InChI=1S/C15H16BrFN4OS/c1-2-21-14(9-3-4-9)19-20-15(21)23-8-13(22)18-12-6-5-10(16)7-11(12)17/h5-7,9H,2-4,8H2,1H3,(H,18,22). The molecular weight excluding hydrogens is 383 g/mol. The number of carbonyl (C=O) groups is 1. The highest BCUT2D eigenvalue weighted by atomic mass is 79.9. The molecule has 1 heterocycles. The Morgan fingerprint density at radius 2 is 2.26 bits per heavy atom. The number of carbonyl (C=O) groups excluding carboxylic acids is 1. The van der Waals surface area contributed by atoms with Gasteiger partial charge in [-0.1, -0.05) is 27.7 Å². The van der Waals surface area contributed by atoms with E-state index in [0.29, 0.717) is 10.4 Å². The minimum atomic E-state index is -0.467. The molecule has 1 N–H and O–H groups in total. The number of nitrogens with one attached hydrogen (secondary N) is 1. The molecule has 3 rings (SSSR count). The van der Waals surface area contributed by atoms with Crippen LogP contribution in [0.4, 0.5) is 10.1 Å². The lowest BCUT2D eigenvalue weighted by molar-refractivity contribution is -0.113. The number of halogens is 2. The van der Waals surface area contributed by atoms with Gasteiger partial charge in [0.1, 0.15) is 11.6 Å². The smallest absolute Gasteiger partial charge is 0.234 e. The zero-order valence-corrected chi connectivity index (χ0v) is 15.0. The molecule has 0 spiro atoms. The van der Waals surface area contributed by atoms with Crippen molar-refractivity contribution in [3.05, 3.63) is 34.3 Å². The summed E-state index contributed by atoms with van der Waals surface area (Å²) in [7, 11) is 0. The van der Waals surface area contributed by atoms with Crippen LogP contribution in [0.5, 0.6) is 0 Å². The number of thioether (sulfide) groups is 1. The summed E-state index contributed by atoms with van der Waals surface area (Å²) in [5, 5.41) is 11.7. The van der Waals surface area contributed by atoms with E-state index in [0.717, 1.165) is 30.4 Å². The molecule has 0 radical (unpaired) electrons. The molecule has 0 aliphatic heterocycles. The average molecular weight is 399 g/mol. The maximum absolute atomic E-state index is 13.7. The van der Waals surface area contributed by atoms with Gasteiger partial charge in [0.15, 0.2) is 5.16 Å². The van der Waals surface area contributed by atoms with Crippen LogP contribution < -0.4 is 5.32 Å². The summed E-state index contributed by atoms with van der Waals surface area (Å²) in [4.78, 5) is 12.0. The summed E-state index contributed by atoms with van der Waals surface area (Å²) in [6, 6.07) is 4.53. The third kappa shape index (κ3) is 3.92. The molecule has 5 nitrogen and oxygen atoms in total. The van der Waals surface area contributed by atoms with Crippen molar-refractivity contribution >= 4 is 39.3 Å². The van der Waals surface area contributed by atoms with Crippen molar-refractivity contribution < 1.29 is 9.18 Å². The molecule has 0 bridgehead atoms. The van der Waals surface area contributed by atoms with Crippen LogP contribution in [0.3, 0.4) is 0 Å². The van der Waals surface area contributed by atoms with Gasteiger partial charge in [0.2, 0.25) is 5.91 Å². The Bertz CT molecular complexity index is 732. The highest BCUT2D eigenvalue weighted by molar-refractivity contribution is 9.10. The maximum Gasteiger partial charge on any atom is 0.234 e. The summed E-state index contributed by atoms with van der Waals surface area (Å²) in [5.41, 5.74) is 0.175. The minimum Gasteiger partial charge on any atom is -0.323 e. The van der Waals surface area contributed by atoms with E-state index in [2.05, 4.69) is 36.0 Å². The summed E-state index contributed by atoms with van der Waals surface area (Å²) in [6.07, 6.45) is 2.32. The molecule has 1 aliphatic rings. The zero-order valence-electron chi connectivity index (χ0n) is 12.6. The van der Waals surface area contributed by atoms with Crippen molar-refractivity contribution in [2.75, 3.05) is 11.1 Å². The molecule has 0 saturated heterocycles. The number of benzene rings is 1. The Labute approximate surface area is 146 Å². The Morgan fingerprint density at radius 1 is 1.48 bits per heavy atom. The largest absolute Gasteiger partial charge is 0.323 e. The van der Waals surface area contributed by atoms with Crippen LogP contribution in [0.15, 0.2) is 27.8 Å². The normalized spacial score (nSPS) is 14.0. The fraction of sp³-hybridized carbons (Fsp3) is 0.400. The molecule has 1 aromatic heterocycles. The number of aromatic nitrogens is 3. The first-order valence-electron chi connectivity index (χ1n) is 7.39. The van der Waals surface area contributed by atoms with E-state index in [1.165, 1.54) is 23.9 Å². The first-order chi connectivity index (χ1) is 11.1. The van der Waals surface area contributed by atoms with Crippen molar-refractivity contribution in [2.24, 2.45) is 0 Å². The Morgan fingerprint density at radius 3 is 2.91 bits per heavy atom. The second kappa shape index (κ2) is 7.00. The molecule has 2 aromatic rings. The van der Waals surface area contributed by atoms with Gasteiger partial charge in [-0.15, -0.1) is 10.2 Å². The third-order valence-electron chi connectivity index (χ3n) is 3.54. The van der Waals surface area contributed by atoms with Crippen molar-refractivity contribution in [2.45, 2.75) is 37.4 Å². The van der Waals surface area contributed by atoms with E-state index < -0.39 is 5.82 Å². The summed E-state index contributed by atoms with van der Waals surface area (Å²) in [5.74, 6) is 0.954. The lowest BCUT2D eigenvalue weighted by atomic mass is 10.3.